The van der Waals surface area contributed by atoms with Crippen LogP contribution in [0.5, 0.6) is 0 Å². The molecule has 1 saturated heterocycles. The summed E-state index contributed by atoms with van der Waals surface area (Å²) < 4.78 is 11.0. The van der Waals surface area contributed by atoms with Crippen LogP contribution in [0.3, 0.4) is 0 Å². The van der Waals surface area contributed by atoms with Gasteiger partial charge < -0.3 is 9.47 Å². The van der Waals surface area contributed by atoms with E-state index in [1.807, 2.05) is 0 Å². The van der Waals surface area contributed by atoms with E-state index in [1.165, 1.54) is 5.54 Å². The van der Waals surface area contributed by atoms with Crippen LogP contribution in [0.15, 0.2) is 36.6 Å². The molecule has 0 aromatic rings. The van der Waals surface area contributed by atoms with E-state index in [2.05, 4.69) is 6.58 Å². The molecule has 78 valence electrons. The van der Waals surface area contributed by atoms with Crippen molar-refractivity contribution in [2.24, 2.45) is 0 Å². The lowest BCUT2D eigenvalue weighted by Crippen LogP contribution is -2.33. The van der Waals surface area contributed by atoms with E-state index in [0.717, 1.165) is 19.4 Å². The first-order chi connectivity index (χ1) is 6.88. The van der Waals surface area contributed by atoms with Crippen molar-refractivity contribution >= 4 is 11.6 Å². The highest BCUT2D eigenvalue weighted by Crippen LogP contribution is 2.18. The van der Waals surface area contributed by atoms with E-state index in [-0.39, 0.29) is 12.2 Å². The van der Waals surface area contributed by atoms with Gasteiger partial charge >= 0.3 is 0 Å². The molecule has 1 fully saturated rings. The van der Waals surface area contributed by atoms with Crippen LogP contribution in [0, 0.1) is 0 Å². The van der Waals surface area contributed by atoms with Gasteiger partial charge in [-0.3, -0.25) is 0 Å². The van der Waals surface area contributed by atoms with Gasteiger partial charge in [0.1, 0.15) is 12.2 Å². The number of halogens is 1. The standard InChI is InChI=1S/C11H15ClO2/c1-2-10-11(6-5-9-13-10)14-8-4-3-7-12/h2-4,7-8,10-11H,1,5-6,9H2/b7-3-,8-4+. The summed E-state index contributed by atoms with van der Waals surface area (Å²) >= 11 is 5.35. The second-order valence-electron chi connectivity index (χ2n) is 3.03. The maximum atomic E-state index is 5.50. The van der Waals surface area contributed by atoms with E-state index < -0.39 is 0 Å². The Bertz CT molecular complexity index is 223. The smallest absolute Gasteiger partial charge is 0.127 e. The Morgan fingerprint density at radius 2 is 2.29 bits per heavy atom. The van der Waals surface area contributed by atoms with Gasteiger partial charge in [-0.05, 0) is 25.0 Å². The highest BCUT2D eigenvalue weighted by atomic mass is 35.5. The predicted octanol–water partition coefficient (Wildman–Crippen LogP) is 3.00. The summed E-state index contributed by atoms with van der Waals surface area (Å²) in [5, 5.41) is 0. The fourth-order valence-electron chi connectivity index (χ4n) is 1.37. The van der Waals surface area contributed by atoms with Crippen molar-refractivity contribution in [1.82, 2.24) is 0 Å². The SMILES string of the molecule is C=CC1OCCCC1O/C=C/C=C\Cl. The van der Waals surface area contributed by atoms with Gasteiger partial charge in [-0.1, -0.05) is 17.7 Å². The number of hydrogen-bond donors (Lipinski definition) is 0. The molecule has 0 amide bonds. The van der Waals surface area contributed by atoms with E-state index in [4.69, 9.17) is 21.1 Å². The highest BCUT2D eigenvalue weighted by molar-refractivity contribution is 6.25. The molecule has 0 aromatic carbocycles. The molecule has 2 nitrogen and oxygen atoms in total. The molecule has 2 unspecified atom stereocenters. The maximum absolute atomic E-state index is 5.50. The summed E-state index contributed by atoms with van der Waals surface area (Å²) in [6, 6.07) is 0. The minimum Gasteiger partial charge on any atom is -0.495 e. The van der Waals surface area contributed by atoms with Crippen LogP contribution in [0.25, 0.3) is 0 Å². The van der Waals surface area contributed by atoms with Gasteiger partial charge in [-0.25, -0.2) is 0 Å². The second-order valence-corrected chi connectivity index (χ2v) is 3.29. The van der Waals surface area contributed by atoms with Crippen molar-refractivity contribution in [3.63, 3.8) is 0 Å². The number of rotatable bonds is 4. The van der Waals surface area contributed by atoms with Gasteiger partial charge in [0, 0.05) is 12.1 Å². The Morgan fingerprint density at radius 3 is 3.00 bits per heavy atom. The fraction of sp³-hybridized carbons (Fsp3) is 0.455. The first-order valence-corrected chi connectivity index (χ1v) is 5.13. The normalized spacial score (nSPS) is 28.4. The molecule has 0 N–H and O–H groups in total. The van der Waals surface area contributed by atoms with Gasteiger partial charge in [-0.15, -0.1) is 6.58 Å². The molecule has 0 saturated carbocycles. The van der Waals surface area contributed by atoms with Crippen molar-refractivity contribution < 1.29 is 9.47 Å². The molecule has 1 aliphatic heterocycles. The van der Waals surface area contributed by atoms with Crippen LogP contribution in [0.1, 0.15) is 12.8 Å². The van der Waals surface area contributed by atoms with Crippen molar-refractivity contribution in [1.29, 1.82) is 0 Å². The molecule has 0 bridgehead atoms. The molecule has 0 radical (unpaired) electrons. The lowest BCUT2D eigenvalue weighted by molar-refractivity contribution is -0.0541. The molecule has 0 aromatic heterocycles. The summed E-state index contributed by atoms with van der Waals surface area (Å²) in [4.78, 5) is 0. The molecular formula is C11H15ClO2. The van der Waals surface area contributed by atoms with Crippen LogP contribution in [0.4, 0.5) is 0 Å². The van der Waals surface area contributed by atoms with E-state index in [0.29, 0.717) is 0 Å². The van der Waals surface area contributed by atoms with Gasteiger partial charge in [0.05, 0.1) is 6.26 Å². The minimum absolute atomic E-state index is 0.00776. The number of ether oxygens (including phenoxy) is 2. The van der Waals surface area contributed by atoms with Gasteiger partial charge in [0.15, 0.2) is 0 Å². The Hall–Kier alpha value is -0.730. The average Bonchev–Trinajstić information content (AvgIpc) is 2.25. The van der Waals surface area contributed by atoms with Crippen LogP contribution in [-0.2, 0) is 9.47 Å². The Morgan fingerprint density at radius 1 is 1.43 bits per heavy atom. The van der Waals surface area contributed by atoms with Crippen LogP contribution in [0.2, 0.25) is 0 Å². The van der Waals surface area contributed by atoms with Crippen molar-refractivity contribution in [3.8, 4) is 0 Å². The molecule has 14 heavy (non-hydrogen) atoms. The Labute approximate surface area is 89.8 Å². The van der Waals surface area contributed by atoms with Gasteiger partial charge in [-0.2, -0.15) is 0 Å². The van der Waals surface area contributed by atoms with E-state index in [9.17, 15) is 0 Å². The third kappa shape index (κ3) is 3.56. The van der Waals surface area contributed by atoms with Crippen molar-refractivity contribution in [2.45, 2.75) is 25.0 Å². The van der Waals surface area contributed by atoms with Crippen LogP contribution >= 0.6 is 11.6 Å². The van der Waals surface area contributed by atoms with E-state index in [1.54, 1.807) is 24.5 Å². The zero-order valence-corrected chi connectivity index (χ0v) is 8.82. The largest absolute Gasteiger partial charge is 0.495 e. The summed E-state index contributed by atoms with van der Waals surface area (Å²) in [6.45, 7) is 4.51. The van der Waals surface area contributed by atoms with Crippen LogP contribution in [-0.4, -0.2) is 18.8 Å². The topological polar surface area (TPSA) is 18.5 Å². The van der Waals surface area contributed by atoms with E-state index >= 15 is 0 Å². The molecule has 1 rings (SSSR count). The molecule has 0 spiro atoms. The summed E-state index contributed by atoms with van der Waals surface area (Å²) in [5.74, 6) is 0. The minimum atomic E-state index is 0.00776. The summed E-state index contributed by atoms with van der Waals surface area (Å²) in [7, 11) is 0. The Balaban J connectivity index is 2.36. The maximum Gasteiger partial charge on any atom is 0.127 e. The van der Waals surface area contributed by atoms with Crippen molar-refractivity contribution in [2.75, 3.05) is 6.61 Å². The summed E-state index contributed by atoms with van der Waals surface area (Å²) in [5.41, 5.74) is 1.43. The van der Waals surface area contributed by atoms with Crippen LogP contribution < -0.4 is 0 Å². The zero-order valence-electron chi connectivity index (χ0n) is 8.06. The highest BCUT2D eigenvalue weighted by Gasteiger charge is 2.23. The third-order valence-electron chi connectivity index (χ3n) is 2.06. The van der Waals surface area contributed by atoms with Gasteiger partial charge in [0.2, 0.25) is 0 Å². The number of allylic oxidation sites excluding steroid dienone is 2. The second kappa shape index (κ2) is 6.68. The monoisotopic (exact) mass is 214 g/mol. The first-order valence-electron chi connectivity index (χ1n) is 4.70. The molecule has 1 heterocycles. The Kier molecular flexibility index (Phi) is 5.42. The van der Waals surface area contributed by atoms with Gasteiger partial charge in [0.25, 0.3) is 0 Å². The molecular weight excluding hydrogens is 200 g/mol. The predicted molar refractivity (Wildman–Crippen MR) is 58.2 cm³/mol. The number of hydrogen-bond acceptors (Lipinski definition) is 2. The van der Waals surface area contributed by atoms with Crippen molar-refractivity contribution in [3.05, 3.63) is 36.6 Å². The first kappa shape index (κ1) is 11.3. The lowest BCUT2D eigenvalue weighted by atomic mass is 10.1. The molecule has 2 atom stereocenters. The average molecular weight is 215 g/mol. The zero-order chi connectivity index (χ0) is 10.2. The quantitative estimate of drug-likeness (QED) is 0.407. The molecule has 3 heteroatoms. The molecule has 0 aliphatic carbocycles. The molecule has 1 aliphatic rings. The lowest BCUT2D eigenvalue weighted by Gasteiger charge is -2.28. The third-order valence-corrected chi connectivity index (χ3v) is 2.20. The fourth-order valence-corrected chi connectivity index (χ4v) is 1.46. The summed E-state index contributed by atoms with van der Waals surface area (Å²) in [6.07, 6.45) is 9.01.